The van der Waals surface area contributed by atoms with E-state index in [0.717, 1.165) is 37.6 Å². The molecule has 5 heteroatoms. The van der Waals surface area contributed by atoms with Crippen LogP contribution in [0.3, 0.4) is 0 Å². The van der Waals surface area contributed by atoms with Crippen LogP contribution in [0.4, 0.5) is 0 Å². The lowest BCUT2D eigenvalue weighted by Gasteiger charge is -2.43. The van der Waals surface area contributed by atoms with Crippen molar-refractivity contribution in [1.29, 1.82) is 5.26 Å². The number of aromatic nitrogens is 2. The Bertz CT molecular complexity index is 497. The second-order valence-electron chi connectivity index (χ2n) is 6.55. The summed E-state index contributed by atoms with van der Waals surface area (Å²) in [4.78, 5) is 9.14. The monoisotopic (exact) mass is 275 g/mol. The van der Waals surface area contributed by atoms with E-state index in [9.17, 15) is 5.26 Å². The van der Waals surface area contributed by atoms with Crippen LogP contribution in [0.15, 0.2) is 6.33 Å². The van der Waals surface area contributed by atoms with Gasteiger partial charge in [-0.3, -0.25) is 9.80 Å². The minimum atomic E-state index is -0.224. The van der Waals surface area contributed by atoms with Crippen LogP contribution < -0.4 is 0 Å². The van der Waals surface area contributed by atoms with Gasteiger partial charge >= 0.3 is 0 Å². The number of hydrogen-bond donors (Lipinski definition) is 0. The second kappa shape index (κ2) is 5.55. The third kappa shape index (κ3) is 2.87. The Balaban J connectivity index is 2.09. The number of hydrogen-bond acceptors (Lipinski definition) is 4. The van der Waals surface area contributed by atoms with E-state index in [1.807, 2.05) is 18.5 Å². The van der Waals surface area contributed by atoms with Crippen LogP contribution in [-0.2, 0) is 7.05 Å². The number of imidazole rings is 1. The summed E-state index contributed by atoms with van der Waals surface area (Å²) in [5, 5.41) is 9.54. The van der Waals surface area contributed by atoms with E-state index in [2.05, 4.69) is 41.6 Å². The van der Waals surface area contributed by atoms with E-state index in [-0.39, 0.29) is 11.6 Å². The molecule has 1 atom stereocenters. The Morgan fingerprint density at radius 3 is 2.25 bits per heavy atom. The van der Waals surface area contributed by atoms with E-state index in [0.29, 0.717) is 0 Å². The molecule has 1 saturated heterocycles. The molecule has 2 rings (SSSR count). The first-order chi connectivity index (χ1) is 9.34. The quantitative estimate of drug-likeness (QED) is 0.824. The minimum absolute atomic E-state index is 0.204. The normalized spacial score (nSPS) is 19.8. The Morgan fingerprint density at radius 2 is 1.85 bits per heavy atom. The maximum atomic E-state index is 9.54. The molecule has 1 aromatic rings. The average molecular weight is 275 g/mol. The molecular weight excluding hydrogens is 250 g/mol. The average Bonchev–Trinajstić information content (AvgIpc) is 2.72. The second-order valence-corrected chi connectivity index (χ2v) is 6.55. The van der Waals surface area contributed by atoms with Crippen molar-refractivity contribution in [3.63, 3.8) is 0 Å². The highest BCUT2D eigenvalue weighted by Crippen LogP contribution is 2.24. The van der Waals surface area contributed by atoms with Gasteiger partial charge in [-0.05, 0) is 27.7 Å². The molecule has 0 amide bonds. The van der Waals surface area contributed by atoms with Crippen molar-refractivity contribution in [2.24, 2.45) is 7.05 Å². The lowest BCUT2D eigenvalue weighted by atomic mass is 10.0. The van der Waals surface area contributed by atoms with E-state index in [1.165, 1.54) is 0 Å². The Kier molecular flexibility index (Phi) is 4.17. The van der Waals surface area contributed by atoms with Crippen molar-refractivity contribution in [2.45, 2.75) is 39.3 Å². The lowest BCUT2D eigenvalue weighted by Crippen LogP contribution is -2.53. The van der Waals surface area contributed by atoms with Crippen molar-refractivity contribution in [1.82, 2.24) is 19.4 Å². The van der Waals surface area contributed by atoms with Crippen LogP contribution in [0.25, 0.3) is 0 Å². The molecule has 0 aromatic carbocycles. The molecular formula is C15H25N5. The summed E-state index contributed by atoms with van der Waals surface area (Å²) in [5.41, 5.74) is 2.18. The molecule has 0 saturated carbocycles. The van der Waals surface area contributed by atoms with Crippen molar-refractivity contribution in [3.05, 3.63) is 17.7 Å². The molecule has 0 radical (unpaired) electrons. The van der Waals surface area contributed by atoms with Crippen LogP contribution >= 0.6 is 0 Å². The molecule has 0 spiro atoms. The van der Waals surface area contributed by atoms with E-state index >= 15 is 0 Å². The molecule has 1 unspecified atom stereocenters. The standard InChI is InChI=1S/C15H25N5/c1-12-14(17-11-18(12)5)13(10-16)19-6-8-20(9-7-19)15(2,3)4/h11,13H,6-9H2,1-5H3. The summed E-state index contributed by atoms with van der Waals surface area (Å²) < 4.78 is 1.98. The van der Waals surface area contributed by atoms with Gasteiger partial charge in [-0.1, -0.05) is 0 Å². The maximum Gasteiger partial charge on any atom is 0.142 e. The number of aryl methyl sites for hydroxylation is 1. The van der Waals surface area contributed by atoms with Crippen LogP contribution in [0.2, 0.25) is 0 Å². The van der Waals surface area contributed by atoms with Crippen molar-refractivity contribution < 1.29 is 0 Å². The predicted octanol–water partition coefficient (Wildman–Crippen LogP) is 1.71. The zero-order valence-electron chi connectivity index (χ0n) is 13.2. The highest BCUT2D eigenvalue weighted by atomic mass is 15.3. The third-order valence-electron chi connectivity index (χ3n) is 4.28. The van der Waals surface area contributed by atoms with Crippen LogP contribution in [0, 0.1) is 18.3 Å². The van der Waals surface area contributed by atoms with Gasteiger partial charge in [-0.15, -0.1) is 0 Å². The molecule has 1 aliphatic heterocycles. The maximum absolute atomic E-state index is 9.54. The SMILES string of the molecule is Cc1c(C(C#N)N2CCN(C(C)(C)C)CC2)ncn1C. The first-order valence-corrected chi connectivity index (χ1v) is 7.21. The zero-order valence-corrected chi connectivity index (χ0v) is 13.2. The molecule has 20 heavy (non-hydrogen) atoms. The van der Waals surface area contributed by atoms with Gasteiger partial charge in [0.15, 0.2) is 0 Å². The van der Waals surface area contributed by atoms with Gasteiger partial charge in [0, 0.05) is 44.5 Å². The highest BCUT2D eigenvalue weighted by Gasteiger charge is 2.31. The molecule has 0 aliphatic carbocycles. The highest BCUT2D eigenvalue weighted by molar-refractivity contribution is 5.21. The van der Waals surface area contributed by atoms with Gasteiger partial charge in [0.25, 0.3) is 0 Å². The van der Waals surface area contributed by atoms with Gasteiger partial charge < -0.3 is 4.57 Å². The molecule has 1 aliphatic rings. The summed E-state index contributed by atoms with van der Waals surface area (Å²) in [6.45, 7) is 12.6. The summed E-state index contributed by atoms with van der Waals surface area (Å²) >= 11 is 0. The smallest absolute Gasteiger partial charge is 0.142 e. The summed E-state index contributed by atoms with van der Waals surface area (Å²) in [6, 6.07) is 2.20. The molecule has 110 valence electrons. The molecule has 5 nitrogen and oxygen atoms in total. The number of nitrogens with zero attached hydrogens (tertiary/aromatic N) is 5. The molecule has 1 fully saturated rings. The zero-order chi connectivity index (χ0) is 14.9. The first kappa shape index (κ1) is 15.0. The fourth-order valence-corrected chi connectivity index (χ4v) is 2.74. The van der Waals surface area contributed by atoms with Crippen molar-refractivity contribution in [3.8, 4) is 6.07 Å². The van der Waals surface area contributed by atoms with Crippen molar-refractivity contribution >= 4 is 0 Å². The molecule has 0 bridgehead atoms. The van der Waals surface area contributed by atoms with Gasteiger partial charge in [0.05, 0.1) is 18.1 Å². The summed E-state index contributed by atoms with van der Waals surface area (Å²) in [7, 11) is 1.97. The molecule has 1 aromatic heterocycles. The van der Waals surface area contributed by atoms with Gasteiger partial charge in [0.2, 0.25) is 0 Å². The Morgan fingerprint density at radius 1 is 1.25 bits per heavy atom. The largest absolute Gasteiger partial charge is 0.338 e. The van der Waals surface area contributed by atoms with Crippen LogP contribution in [0.5, 0.6) is 0 Å². The van der Waals surface area contributed by atoms with E-state index < -0.39 is 0 Å². The number of nitriles is 1. The Hall–Kier alpha value is -1.38. The predicted molar refractivity (Wildman–Crippen MR) is 79.2 cm³/mol. The fourth-order valence-electron chi connectivity index (χ4n) is 2.74. The third-order valence-corrected chi connectivity index (χ3v) is 4.28. The molecule has 0 N–H and O–H groups in total. The first-order valence-electron chi connectivity index (χ1n) is 7.21. The topological polar surface area (TPSA) is 48.1 Å². The molecule has 2 heterocycles. The van der Waals surface area contributed by atoms with Crippen molar-refractivity contribution in [2.75, 3.05) is 26.2 Å². The van der Waals surface area contributed by atoms with E-state index in [4.69, 9.17) is 0 Å². The minimum Gasteiger partial charge on any atom is -0.338 e. The number of rotatable bonds is 2. The Labute approximate surface area is 121 Å². The summed E-state index contributed by atoms with van der Waals surface area (Å²) in [6.07, 6.45) is 1.79. The van der Waals surface area contributed by atoms with Gasteiger partial charge in [-0.25, -0.2) is 4.98 Å². The van der Waals surface area contributed by atoms with E-state index in [1.54, 1.807) is 6.33 Å². The van der Waals surface area contributed by atoms with Gasteiger partial charge in [0.1, 0.15) is 6.04 Å². The summed E-state index contributed by atoms with van der Waals surface area (Å²) in [5.74, 6) is 0. The lowest BCUT2D eigenvalue weighted by molar-refractivity contribution is 0.0512. The number of piperazine rings is 1. The van der Waals surface area contributed by atoms with Crippen LogP contribution in [-0.4, -0.2) is 51.1 Å². The fraction of sp³-hybridized carbons (Fsp3) is 0.733. The van der Waals surface area contributed by atoms with Gasteiger partial charge in [-0.2, -0.15) is 5.26 Å². The van der Waals surface area contributed by atoms with Crippen LogP contribution in [0.1, 0.15) is 38.2 Å².